The van der Waals surface area contributed by atoms with Crippen molar-refractivity contribution in [1.29, 1.82) is 0 Å². The highest BCUT2D eigenvalue weighted by atomic mass is 16.3. The number of fused-ring (bicyclic) bond motifs is 1. The maximum Gasteiger partial charge on any atom is 0.0604 e. The molecule has 1 aliphatic heterocycles. The first-order valence-electron chi connectivity index (χ1n) is 4.67. The Morgan fingerprint density at radius 2 is 2.38 bits per heavy atom. The fourth-order valence-electron chi connectivity index (χ4n) is 1.97. The smallest absolute Gasteiger partial charge is 0.0604 e. The minimum atomic E-state index is 0.243. The second-order valence-electron chi connectivity index (χ2n) is 3.91. The number of likely N-dealkylation sites (N-methyl/N-ethyl adjacent to an activating group) is 1. The van der Waals surface area contributed by atoms with E-state index in [1.165, 1.54) is 11.3 Å². The molecule has 13 heavy (non-hydrogen) atoms. The van der Waals surface area contributed by atoms with Gasteiger partial charge in [-0.15, -0.1) is 0 Å². The molecule has 72 valence electrons. The monoisotopic (exact) mass is 180 g/mol. The average Bonchev–Trinajstić information content (AvgIpc) is 2.42. The van der Waals surface area contributed by atoms with Crippen molar-refractivity contribution in [3.8, 4) is 0 Å². The SMILES string of the molecule is Cc1cc2n(c1)C[C@H](CO)N(C)C2. The Bertz CT molecular complexity index is 306. The fraction of sp³-hybridized carbons (Fsp3) is 0.600. The van der Waals surface area contributed by atoms with Crippen LogP contribution < -0.4 is 0 Å². The average molecular weight is 180 g/mol. The van der Waals surface area contributed by atoms with Gasteiger partial charge in [-0.1, -0.05) is 0 Å². The van der Waals surface area contributed by atoms with Gasteiger partial charge < -0.3 is 9.67 Å². The fourth-order valence-corrected chi connectivity index (χ4v) is 1.97. The van der Waals surface area contributed by atoms with E-state index in [2.05, 4.69) is 35.7 Å². The molecular weight excluding hydrogens is 164 g/mol. The topological polar surface area (TPSA) is 28.4 Å². The van der Waals surface area contributed by atoms with Crippen LogP contribution in [0.15, 0.2) is 12.3 Å². The lowest BCUT2D eigenvalue weighted by atomic mass is 10.2. The van der Waals surface area contributed by atoms with Gasteiger partial charge in [0.1, 0.15) is 0 Å². The van der Waals surface area contributed by atoms with Gasteiger partial charge in [0.15, 0.2) is 0 Å². The molecule has 0 radical (unpaired) electrons. The van der Waals surface area contributed by atoms with Crippen LogP contribution in [0.25, 0.3) is 0 Å². The summed E-state index contributed by atoms with van der Waals surface area (Å²) < 4.78 is 2.25. The van der Waals surface area contributed by atoms with E-state index in [4.69, 9.17) is 5.11 Å². The van der Waals surface area contributed by atoms with Crippen molar-refractivity contribution in [1.82, 2.24) is 9.47 Å². The van der Waals surface area contributed by atoms with Crippen LogP contribution in [0.2, 0.25) is 0 Å². The third-order valence-electron chi connectivity index (χ3n) is 2.78. The minimum absolute atomic E-state index is 0.243. The van der Waals surface area contributed by atoms with Crippen LogP contribution in [0.3, 0.4) is 0 Å². The van der Waals surface area contributed by atoms with Crippen molar-refractivity contribution in [3.63, 3.8) is 0 Å². The standard InChI is InChI=1S/C10H16N2O/c1-8-3-9-5-11(2)10(7-13)6-12(9)4-8/h3-4,10,13H,5-7H2,1-2H3/t10-/m1/s1. The molecular formula is C10H16N2O. The quantitative estimate of drug-likeness (QED) is 0.685. The van der Waals surface area contributed by atoms with E-state index in [0.29, 0.717) is 0 Å². The van der Waals surface area contributed by atoms with E-state index in [9.17, 15) is 0 Å². The lowest BCUT2D eigenvalue weighted by molar-refractivity contribution is 0.107. The lowest BCUT2D eigenvalue weighted by Gasteiger charge is -2.32. The second-order valence-corrected chi connectivity index (χ2v) is 3.91. The Kier molecular flexibility index (Phi) is 2.14. The van der Waals surface area contributed by atoms with Crippen LogP contribution in [0, 0.1) is 6.92 Å². The van der Waals surface area contributed by atoms with Gasteiger partial charge in [-0.25, -0.2) is 0 Å². The Morgan fingerprint density at radius 1 is 1.62 bits per heavy atom. The maximum absolute atomic E-state index is 9.14. The molecule has 3 heteroatoms. The molecule has 1 aromatic rings. The van der Waals surface area contributed by atoms with Crippen LogP contribution in [0.4, 0.5) is 0 Å². The highest BCUT2D eigenvalue weighted by Crippen LogP contribution is 2.18. The van der Waals surface area contributed by atoms with Crippen LogP contribution >= 0.6 is 0 Å². The summed E-state index contributed by atoms with van der Waals surface area (Å²) in [7, 11) is 2.06. The van der Waals surface area contributed by atoms with Gasteiger partial charge in [0.2, 0.25) is 0 Å². The van der Waals surface area contributed by atoms with E-state index >= 15 is 0 Å². The van der Waals surface area contributed by atoms with E-state index in [-0.39, 0.29) is 12.6 Å². The van der Waals surface area contributed by atoms with E-state index in [1.807, 2.05) is 0 Å². The molecule has 2 heterocycles. The first-order chi connectivity index (χ1) is 6.20. The van der Waals surface area contributed by atoms with Gasteiger partial charge in [0.05, 0.1) is 12.6 Å². The summed E-state index contributed by atoms with van der Waals surface area (Å²) in [4.78, 5) is 2.20. The van der Waals surface area contributed by atoms with Crippen molar-refractivity contribution in [2.75, 3.05) is 13.7 Å². The molecule has 1 atom stereocenters. The number of aliphatic hydroxyl groups is 1. The molecule has 1 N–H and O–H groups in total. The number of nitrogens with zero attached hydrogens (tertiary/aromatic N) is 2. The molecule has 0 spiro atoms. The lowest BCUT2D eigenvalue weighted by Crippen LogP contribution is -2.42. The van der Waals surface area contributed by atoms with Crippen molar-refractivity contribution in [2.45, 2.75) is 26.1 Å². The number of aryl methyl sites for hydroxylation is 1. The van der Waals surface area contributed by atoms with Gasteiger partial charge in [-0.3, -0.25) is 4.90 Å². The summed E-state index contributed by atoms with van der Waals surface area (Å²) in [5, 5.41) is 9.14. The third kappa shape index (κ3) is 1.49. The zero-order valence-corrected chi connectivity index (χ0v) is 8.20. The molecule has 3 nitrogen and oxygen atoms in total. The predicted molar refractivity (Wildman–Crippen MR) is 51.5 cm³/mol. The molecule has 2 rings (SSSR count). The second kappa shape index (κ2) is 3.16. The number of hydrogen-bond acceptors (Lipinski definition) is 2. The molecule has 0 saturated carbocycles. The third-order valence-corrected chi connectivity index (χ3v) is 2.78. The summed E-state index contributed by atoms with van der Waals surface area (Å²) in [5.74, 6) is 0. The van der Waals surface area contributed by atoms with Gasteiger partial charge in [-0.05, 0) is 25.6 Å². The molecule has 0 aromatic carbocycles. The molecule has 0 bridgehead atoms. The zero-order chi connectivity index (χ0) is 9.42. The minimum Gasteiger partial charge on any atom is -0.395 e. The molecule has 1 aliphatic rings. The van der Waals surface area contributed by atoms with Crippen molar-refractivity contribution >= 4 is 0 Å². The Balaban J connectivity index is 2.27. The summed E-state index contributed by atoms with van der Waals surface area (Å²) >= 11 is 0. The highest BCUT2D eigenvalue weighted by Gasteiger charge is 2.22. The summed E-state index contributed by atoms with van der Waals surface area (Å²) in [6.07, 6.45) is 2.16. The first-order valence-corrected chi connectivity index (χ1v) is 4.67. The number of aliphatic hydroxyl groups excluding tert-OH is 1. The van der Waals surface area contributed by atoms with Gasteiger partial charge >= 0.3 is 0 Å². The summed E-state index contributed by atoms with van der Waals surface area (Å²) in [6.45, 7) is 4.21. The van der Waals surface area contributed by atoms with Crippen molar-refractivity contribution < 1.29 is 5.11 Å². The van der Waals surface area contributed by atoms with Gasteiger partial charge in [0.25, 0.3) is 0 Å². The maximum atomic E-state index is 9.14. The van der Waals surface area contributed by atoms with Crippen LogP contribution in [0.1, 0.15) is 11.3 Å². The molecule has 0 amide bonds. The van der Waals surface area contributed by atoms with E-state index in [0.717, 1.165) is 13.1 Å². The van der Waals surface area contributed by atoms with Crippen molar-refractivity contribution in [3.05, 3.63) is 23.5 Å². The Hall–Kier alpha value is -0.800. The van der Waals surface area contributed by atoms with Crippen molar-refractivity contribution in [2.24, 2.45) is 0 Å². The number of rotatable bonds is 1. The van der Waals surface area contributed by atoms with Crippen LogP contribution in [0.5, 0.6) is 0 Å². The van der Waals surface area contributed by atoms with Crippen LogP contribution in [-0.2, 0) is 13.1 Å². The molecule has 0 aliphatic carbocycles. The molecule has 0 unspecified atom stereocenters. The summed E-state index contributed by atoms with van der Waals surface area (Å²) in [5.41, 5.74) is 2.66. The zero-order valence-electron chi connectivity index (χ0n) is 8.20. The highest BCUT2D eigenvalue weighted by molar-refractivity contribution is 5.18. The van der Waals surface area contributed by atoms with Gasteiger partial charge in [-0.2, -0.15) is 0 Å². The van der Waals surface area contributed by atoms with E-state index < -0.39 is 0 Å². The molecule has 1 aromatic heterocycles. The van der Waals surface area contributed by atoms with E-state index in [1.54, 1.807) is 0 Å². The number of hydrogen-bond donors (Lipinski definition) is 1. The first kappa shape index (κ1) is 8.78. The molecule has 0 fully saturated rings. The number of aromatic nitrogens is 1. The largest absolute Gasteiger partial charge is 0.395 e. The normalized spacial score (nSPS) is 23.2. The Labute approximate surface area is 78.6 Å². The Morgan fingerprint density at radius 3 is 3.08 bits per heavy atom. The molecule has 0 saturated heterocycles. The van der Waals surface area contributed by atoms with Gasteiger partial charge in [0, 0.05) is 25.0 Å². The van der Waals surface area contributed by atoms with Crippen LogP contribution in [-0.4, -0.2) is 34.3 Å². The summed E-state index contributed by atoms with van der Waals surface area (Å²) in [6, 6.07) is 2.49. The predicted octanol–water partition coefficient (Wildman–Crippen LogP) is 0.603.